The first kappa shape index (κ1) is 39.1. The number of nitrogens with zero attached hydrogens (tertiary/aromatic N) is 2. The Morgan fingerprint density at radius 1 is 0.840 bits per heavy atom. The number of alkyl halides is 3. The third kappa shape index (κ3) is 10.8. The number of esters is 2. The molecule has 0 saturated carbocycles. The number of hydrogen-bond donors (Lipinski definition) is 4. The van der Waals surface area contributed by atoms with Crippen LogP contribution < -0.4 is 11.1 Å². The molecule has 1 amide bonds. The number of halogens is 4. The number of carboxylic acids is 2. The van der Waals surface area contributed by atoms with Crippen molar-refractivity contribution in [3.05, 3.63) is 110 Å². The number of carbonyl (C=O) groups is 5. The lowest BCUT2D eigenvalue weighted by Crippen LogP contribution is -2.45. The Labute approximate surface area is 290 Å². The Bertz CT molecular complexity index is 1790. The zero-order valence-corrected chi connectivity index (χ0v) is 27.8. The molecule has 2 aromatic heterocycles. The number of pyridine rings is 1. The Kier molecular flexibility index (Phi) is 13.1. The molecule has 0 fully saturated rings. The second kappa shape index (κ2) is 16.8. The van der Waals surface area contributed by atoms with Crippen molar-refractivity contribution in [2.45, 2.75) is 45.2 Å². The summed E-state index contributed by atoms with van der Waals surface area (Å²) in [5, 5.41) is 20.9. The van der Waals surface area contributed by atoms with Crippen molar-refractivity contribution in [3.8, 4) is 0 Å². The molecule has 3 atom stereocenters. The van der Waals surface area contributed by atoms with Crippen LogP contribution in [0.3, 0.4) is 0 Å². The smallest absolute Gasteiger partial charge is 0.418 e. The van der Waals surface area contributed by atoms with E-state index in [1.54, 1.807) is 45.0 Å². The van der Waals surface area contributed by atoms with E-state index >= 15 is 0 Å². The molecule has 0 saturated heterocycles. The monoisotopic (exact) mass is 736 g/mol. The molecule has 13 nitrogen and oxygen atoms in total. The standard InChI is InChI=1S/C20H18O8.C12H10ClF3N4OS/c1-11-3-7-13(8-4-11)19(25)27-15(17(21)22)16(18(23)24)28-20(26)14-9-5-12(2)6-10-14;1-5(17)11-19-4-8(22-11)10(21)20-9-2-6(12(14,15)16)7(13)3-18-9/h3-10,15-16H,1-2H3,(H,21,22)(H,23,24);2-5H,17H2,1H3,(H,18,20,21). The van der Waals surface area contributed by atoms with Crippen LogP contribution in [0.15, 0.2) is 67.0 Å². The van der Waals surface area contributed by atoms with Gasteiger partial charge in [-0.15, -0.1) is 11.3 Å². The zero-order valence-electron chi connectivity index (χ0n) is 26.2. The number of nitrogens with one attached hydrogen (secondary N) is 1. The van der Waals surface area contributed by atoms with E-state index in [1.165, 1.54) is 30.5 Å². The second-order valence-corrected chi connectivity index (χ2v) is 11.9. The summed E-state index contributed by atoms with van der Waals surface area (Å²) in [7, 11) is 0. The van der Waals surface area contributed by atoms with E-state index in [4.69, 9.17) is 26.8 Å². The SMILES string of the molecule is CC(N)c1ncc(C(=O)Nc2cc(C(F)(F)F)c(Cl)cn2)s1.Cc1ccc(C(=O)OC(C(=O)O)C(OC(=O)c2ccc(C)cc2)C(=O)O)cc1. The van der Waals surface area contributed by atoms with Gasteiger partial charge in [0, 0.05) is 6.20 Å². The largest absolute Gasteiger partial charge is 0.478 e. The number of aromatic nitrogens is 2. The summed E-state index contributed by atoms with van der Waals surface area (Å²) in [6, 6.07) is 12.4. The van der Waals surface area contributed by atoms with E-state index in [0.717, 1.165) is 28.7 Å². The molecule has 3 unspecified atom stereocenters. The van der Waals surface area contributed by atoms with Crippen LogP contribution in [0.2, 0.25) is 5.02 Å². The highest BCUT2D eigenvalue weighted by Gasteiger charge is 2.41. The van der Waals surface area contributed by atoms with E-state index in [0.29, 0.717) is 11.1 Å². The third-order valence-corrected chi connectivity index (χ3v) is 7.84. The number of benzene rings is 2. The molecule has 5 N–H and O–H groups in total. The summed E-state index contributed by atoms with van der Waals surface area (Å²) in [6.07, 6.45) is -6.94. The average Bonchev–Trinajstić information content (AvgIpc) is 3.55. The van der Waals surface area contributed by atoms with Gasteiger partial charge in [-0.05, 0) is 51.1 Å². The van der Waals surface area contributed by atoms with Gasteiger partial charge in [-0.25, -0.2) is 29.1 Å². The van der Waals surface area contributed by atoms with Gasteiger partial charge in [0.1, 0.15) is 15.7 Å². The van der Waals surface area contributed by atoms with E-state index in [9.17, 15) is 47.4 Å². The molecule has 0 spiro atoms. The van der Waals surface area contributed by atoms with Gasteiger partial charge in [-0.3, -0.25) is 4.79 Å². The maximum atomic E-state index is 12.7. The number of aliphatic carboxylic acids is 2. The number of hydrogen-bond acceptors (Lipinski definition) is 11. The first-order valence-electron chi connectivity index (χ1n) is 14.1. The van der Waals surface area contributed by atoms with Gasteiger partial charge in [0.2, 0.25) is 12.2 Å². The van der Waals surface area contributed by atoms with Crippen molar-refractivity contribution in [3.63, 3.8) is 0 Å². The number of amides is 1. The summed E-state index contributed by atoms with van der Waals surface area (Å²) in [5.74, 6) is -6.49. The lowest BCUT2D eigenvalue weighted by molar-refractivity contribution is -0.166. The van der Waals surface area contributed by atoms with E-state index in [-0.39, 0.29) is 27.9 Å². The van der Waals surface area contributed by atoms with Crippen LogP contribution in [-0.2, 0) is 25.2 Å². The Morgan fingerprint density at radius 2 is 1.30 bits per heavy atom. The molecule has 0 aliphatic heterocycles. The number of nitrogens with two attached hydrogens (primary N) is 1. The number of aryl methyl sites for hydroxylation is 2. The number of carbonyl (C=O) groups excluding carboxylic acids is 3. The number of thiazole rings is 1. The zero-order chi connectivity index (χ0) is 37.3. The summed E-state index contributed by atoms with van der Waals surface area (Å²) in [6.45, 7) is 5.29. The van der Waals surface area contributed by atoms with Crippen molar-refractivity contribution in [1.29, 1.82) is 0 Å². The van der Waals surface area contributed by atoms with E-state index in [2.05, 4.69) is 15.3 Å². The van der Waals surface area contributed by atoms with Crippen molar-refractivity contribution in [2.24, 2.45) is 5.73 Å². The van der Waals surface area contributed by atoms with Gasteiger partial charge >= 0.3 is 30.1 Å². The predicted molar refractivity (Wildman–Crippen MR) is 173 cm³/mol. The van der Waals surface area contributed by atoms with Gasteiger partial charge < -0.3 is 30.7 Å². The minimum absolute atomic E-state index is 0.0332. The lowest BCUT2D eigenvalue weighted by Gasteiger charge is -2.21. The van der Waals surface area contributed by atoms with Gasteiger partial charge in [0.05, 0.1) is 34.0 Å². The Balaban J connectivity index is 0.000000278. The minimum atomic E-state index is -4.63. The molecular weight excluding hydrogens is 709 g/mol. The van der Waals surface area contributed by atoms with E-state index in [1.807, 2.05) is 0 Å². The highest BCUT2D eigenvalue weighted by Crippen LogP contribution is 2.35. The summed E-state index contributed by atoms with van der Waals surface area (Å²) >= 11 is 6.51. The van der Waals surface area contributed by atoms with Crippen LogP contribution in [0, 0.1) is 13.8 Å². The maximum Gasteiger partial charge on any atom is 0.418 e. The van der Waals surface area contributed by atoms with Crippen LogP contribution in [0.25, 0.3) is 0 Å². The van der Waals surface area contributed by atoms with Crippen molar-refractivity contribution >= 4 is 58.5 Å². The number of rotatable bonds is 10. The highest BCUT2D eigenvalue weighted by molar-refractivity contribution is 7.13. The molecule has 264 valence electrons. The normalized spacial score (nSPS) is 12.7. The molecule has 4 rings (SSSR count). The quantitative estimate of drug-likeness (QED) is 0.145. The molecule has 0 bridgehead atoms. The topological polar surface area (TPSA) is 208 Å². The molecule has 18 heteroatoms. The number of carboxylic acid groups (broad SMARTS) is 2. The van der Waals surface area contributed by atoms with Gasteiger partial charge in [-0.1, -0.05) is 47.0 Å². The van der Waals surface area contributed by atoms with Crippen LogP contribution in [0.4, 0.5) is 19.0 Å². The second-order valence-electron chi connectivity index (χ2n) is 10.4. The maximum absolute atomic E-state index is 12.7. The van der Waals surface area contributed by atoms with Crippen LogP contribution in [-0.4, -0.2) is 62.2 Å². The van der Waals surface area contributed by atoms with Crippen LogP contribution in [0.5, 0.6) is 0 Å². The predicted octanol–water partition coefficient (Wildman–Crippen LogP) is 5.71. The lowest BCUT2D eigenvalue weighted by atomic mass is 10.1. The minimum Gasteiger partial charge on any atom is -0.478 e. The average molecular weight is 737 g/mol. The van der Waals surface area contributed by atoms with Gasteiger partial charge in [0.25, 0.3) is 5.91 Å². The molecular formula is C32H28ClF3N4O9S. The molecule has 0 aliphatic carbocycles. The summed E-state index contributed by atoms with van der Waals surface area (Å²) < 4.78 is 47.8. The molecule has 0 radical (unpaired) electrons. The summed E-state index contributed by atoms with van der Waals surface area (Å²) in [4.78, 5) is 67.1. The van der Waals surface area contributed by atoms with Crippen molar-refractivity contribution < 1.29 is 56.8 Å². The van der Waals surface area contributed by atoms with Crippen molar-refractivity contribution in [1.82, 2.24) is 9.97 Å². The third-order valence-electron chi connectivity index (χ3n) is 6.34. The molecule has 2 heterocycles. The van der Waals surface area contributed by atoms with Crippen LogP contribution in [0.1, 0.15) is 65.1 Å². The fourth-order valence-corrected chi connectivity index (χ4v) is 4.71. The van der Waals surface area contributed by atoms with E-state index < -0.39 is 58.8 Å². The Hall–Kier alpha value is -5.39. The van der Waals surface area contributed by atoms with Crippen molar-refractivity contribution in [2.75, 3.05) is 5.32 Å². The van der Waals surface area contributed by atoms with Gasteiger partial charge in [-0.2, -0.15) is 13.2 Å². The van der Waals surface area contributed by atoms with Crippen LogP contribution >= 0.6 is 22.9 Å². The van der Waals surface area contributed by atoms with Gasteiger partial charge in [0.15, 0.2) is 0 Å². The molecule has 0 aliphatic rings. The first-order chi connectivity index (χ1) is 23.4. The highest BCUT2D eigenvalue weighted by atomic mass is 35.5. The Morgan fingerprint density at radius 3 is 1.68 bits per heavy atom. The molecule has 2 aromatic carbocycles. The first-order valence-corrected chi connectivity index (χ1v) is 15.3. The molecule has 50 heavy (non-hydrogen) atoms. The number of ether oxygens (including phenoxy) is 2. The fourth-order valence-electron chi connectivity index (χ4n) is 3.73. The molecule has 4 aromatic rings. The number of anilines is 1. The summed E-state index contributed by atoms with van der Waals surface area (Å²) in [5.41, 5.74) is 6.35. The fraction of sp³-hybridized carbons (Fsp3) is 0.219.